The maximum Gasteiger partial charge on any atom is 0.208 e. The van der Waals surface area contributed by atoms with Gasteiger partial charge in [-0.2, -0.15) is 0 Å². The van der Waals surface area contributed by atoms with Crippen LogP contribution in [0.25, 0.3) is 11.3 Å². The molecule has 0 saturated carbocycles. The minimum Gasteiger partial charge on any atom is -0.439 e. The summed E-state index contributed by atoms with van der Waals surface area (Å²) in [6.07, 6.45) is 1.75. The SMILES string of the molecule is Cc1cc(Cl)cc(-c2cnc(CNCC(C)C)o2)c1. The van der Waals surface area contributed by atoms with E-state index in [1.807, 2.05) is 25.1 Å². The van der Waals surface area contributed by atoms with E-state index >= 15 is 0 Å². The van der Waals surface area contributed by atoms with Crippen LogP contribution in [0.4, 0.5) is 0 Å². The highest BCUT2D eigenvalue weighted by atomic mass is 35.5. The van der Waals surface area contributed by atoms with Gasteiger partial charge in [0.05, 0.1) is 12.7 Å². The zero-order valence-corrected chi connectivity index (χ0v) is 12.3. The van der Waals surface area contributed by atoms with E-state index < -0.39 is 0 Å². The average molecular weight is 279 g/mol. The van der Waals surface area contributed by atoms with Crippen molar-refractivity contribution in [2.45, 2.75) is 27.3 Å². The van der Waals surface area contributed by atoms with Gasteiger partial charge in [-0.25, -0.2) is 4.98 Å². The van der Waals surface area contributed by atoms with Gasteiger partial charge in [0.1, 0.15) is 0 Å². The largest absolute Gasteiger partial charge is 0.439 e. The lowest BCUT2D eigenvalue weighted by Crippen LogP contribution is -2.18. The number of hydrogen-bond donors (Lipinski definition) is 1. The van der Waals surface area contributed by atoms with Crippen molar-refractivity contribution >= 4 is 11.6 Å². The molecule has 102 valence electrons. The van der Waals surface area contributed by atoms with Gasteiger partial charge in [0.2, 0.25) is 5.89 Å². The highest BCUT2D eigenvalue weighted by Gasteiger charge is 2.07. The molecular formula is C15H19ClN2O. The quantitative estimate of drug-likeness (QED) is 0.897. The van der Waals surface area contributed by atoms with Crippen molar-refractivity contribution in [1.82, 2.24) is 10.3 Å². The minimum atomic E-state index is 0.616. The Morgan fingerprint density at radius 1 is 1.32 bits per heavy atom. The van der Waals surface area contributed by atoms with E-state index in [1.165, 1.54) is 0 Å². The first kappa shape index (κ1) is 14.1. The number of hydrogen-bond acceptors (Lipinski definition) is 3. The first-order chi connectivity index (χ1) is 9.04. The molecule has 0 atom stereocenters. The van der Waals surface area contributed by atoms with Crippen molar-refractivity contribution in [3.05, 3.63) is 40.9 Å². The molecule has 3 nitrogen and oxygen atoms in total. The predicted molar refractivity (Wildman–Crippen MR) is 78.2 cm³/mol. The van der Waals surface area contributed by atoms with E-state index in [-0.39, 0.29) is 0 Å². The van der Waals surface area contributed by atoms with Crippen LogP contribution in [-0.2, 0) is 6.54 Å². The van der Waals surface area contributed by atoms with Gasteiger partial charge in [-0.15, -0.1) is 0 Å². The third kappa shape index (κ3) is 4.08. The second-order valence-electron chi connectivity index (χ2n) is 5.16. The number of nitrogens with zero attached hydrogens (tertiary/aromatic N) is 1. The second kappa shape index (κ2) is 6.22. The van der Waals surface area contributed by atoms with Crippen molar-refractivity contribution in [2.75, 3.05) is 6.54 Å². The summed E-state index contributed by atoms with van der Waals surface area (Å²) < 4.78 is 5.73. The molecule has 0 radical (unpaired) electrons. The van der Waals surface area contributed by atoms with E-state index in [0.717, 1.165) is 23.4 Å². The molecule has 0 aliphatic rings. The highest BCUT2D eigenvalue weighted by Crippen LogP contribution is 2.25. The van der Waals surface area contributed by atoms with E-state index in [4.69, 9.17) is 16.0 Å². The van der Waals surface area contributed by atoms with Crippen molar-refractivity contribution < 1.29 is 4.42 Å². The Morgan fingerprint density at radius 2 is 2.11 bits per heavy atom. The summed E-state index contributed by atoms with van der Waals surface area (Å²) in [5.41, 5.74) is 2.07. The number of benzene rings is 1. The van der Waals surface area contributed by atoms with Crippen LogP contribution in [0.3, 0.4) is 0 Å². The average Bonchev–Trinajstić information content (AvgIpc) is 2.76. The van der Waals surface area contributed by atoms with Gasteiger partial charge in [0, 0.05) is 10.6 Å². The van der Waals surface area contributed by atoms with Crippen LogP contribution in [0.15, 0.2) is 28.8 Å². The van der Waals surface area contributed by atoms with Crippen LogP contribution in [0, 0.1) is 12.8 Å². The number of halogens is 1. The lowest BCUT2D eigenvalue weighted by atomic mass is 10.1. The Bertz CT molecular complexity index is 529. The Morgan fingerprint density at radius 3 is 2.79 bits per heavy atom. The van der Waals surface area contributed by atoms with E-state index in [9.17, 15) is 0 Å². The molecule has 0 saturated heterocycles. The molecule has 0 aliphatic carbocycles. The Labute approximate surface area is 119 Å². The van der Waals surface area contributed by atoms with Gasteiger partial charge >= 0.3 is 0 Å². The lowest BCUT2D eigenvalue weighted by molar-refractivity contribution is 0.459. The Hall–Kier alpha value is -1.32. The molecule has 4 heteroatoms. The number of rotatable bonds is 5. The zero-order valence-electron chi connectivity index (χ0n) is 11.5. The van der Waals surface area contributed by atoms with Crippen LogP contribution < -0.4 is 5.32 Å². The number of aryl methyl sites for hydroxylation is 1. The van der Waals surface area contributed by atoms with Gasteiger partial charge in [0.15, 0.2) is 5.76 Å². The molecule has 1 heterocycles. The van der Waals surface area contributed by atoms with Gasteiger partial charge in [-0.05, 0) is 43.1 Å². The summed E-state index contributed by atoms with van der Waals surface area (Å²) in [4.78, 5) is 4.28. The zero-order chi connectivity index (χ0) is 13.8. The molecule has 0 fully saturated rings. The summed E-state index contributed by atoms with van der Waals surface area (Å²) in [6, 6.07) is 5.85. The Balaban J connectivity index is 2.07. The molecule has 2 rings (SSSR count). The molecule has 2 aromatic rings. The first-order valence-electron chi connectivity index (χ1n) is 6.47. The summed E-state index contributed by atoms with van der Waals surface area (Å²) in [6.45, 7) is 7.95. The maximum atomic E-state index is 6.05. The van der Waals surface area contributed by atoms with Crippen LogP contribution >= 0.6 is 11.6 Å². The fraction of sp³-hybridized carbons (Fsp3) is 0.400. The monoisotopic (exact) mass is 278 g/mol. The smallest absolute Gasteiger partial charge is 0.208 e. The molecule has 0 bridgehead atoms. The lowest BCUT2D eigenvalue weighted by Gasteiger charge is -2.04. The summed E-state index contributed by atoms with van der Waals surface area (Å²) in [7, 11) is 0. The van der Waals surface area contributed by atoms with E-state index in [1.54, 1.807) is 6.20 Å². The molecule has 0 spiro atoms. The third-order valence-corrected chi connectivity index (χ3v) is 2.93. The minimum absolute atomic E-state index is 0.616. The van der Waals surface area contributed by atoms with Gasteiger partial charge in [-0.3, -0.25) is 0 Å². The summed E-state index contributed by atoms with van der Waals surface area (Å²) in [5, 5.41) is 4.02. The molecule has 0 amide bonds. The van der Waals surface area contributed by atoms with Crippen molar-refractivity contribution in [3.8, 4) is 11.3 Å². The number of nitrogens with one attached hydrogen (secondary N) is 1. The van der Waals surface area contributed by atoms with Crippen LogP contribution in [0.5, 0.6) is 0 Å². The van der Waals surface area contributed by atoms with Gasteiger partial charge in [-0.1, -0.05) is 25.4 Å². The third-order valence-electron chi connectivity index (χ3n) is 2.71. The molecular weight excluding hydrogens is 260 g/mol. The Kier molecular flexibility index (Phi) is 4.61. The van der Waals surface area contributed by atoms with Crippen molar-refractivity contribution in [1.29, 1.82) is 0 Å². The first-order valence-corrected chi connectivity index (χ1v) is 6.85. The standard InChI is InChI=1S/C15H19ClN2O/c1-10(2)7-17-9-15-18-8-14(19-15)12-4-11(3)5-13(16)6-12/h4-6,8,10,17H,7,9H2,1-3H3. The number of oxazole rings is 1. The highest BCUT2D eigenvalue weighted by molar-refractivity contribution is 6.30. The van der Waals surface area contributed by atoms with E-state index in [2.05, 4.69) is 24.1 Å². The van der Waals surface area contributed by atoms with Crippen molar-refractivity contribution in [2.24, 2.45) is 5.92 Å². The van der Waals surface area contributed by atoms with Crippen LogP contribution in [0.1, 0.15) is 25.3 Å². The second-order valence-corrected chi connectivity index (χ2v) is 5.60. The van der Waals surface area contributed by atoms with Gasteiger partial charge < -0.3 is 9.73 Å². The molecule has 19 heavy (non-hydrogen) atoms. The number of aromatic nitrogens is 1. The fourth-order valence-corrected chi connectivity index (χ4v) is 2.16. The predicted octanol–water partition coefficient (Wildman–Crippen LogP) is 4.05. The van der Waals surface area contributed by atoms with E-state index in [0.29, 0.717) is 23.4 Å². The molecule has 1 aromatic carbocycles. The molecule has 1 aromatic heterocycles. The van der Waals surface area contributed by atoms with Gasteiger partial charge in [0.25, 0.3) is 0 Å². The normalized spacial score (nSPS) is 11.2. The van der Waals surface area contributed by atoms with Crippen LogP contribution in [-0.4, -0.2) is 11.5 Å². The molecule has 1 N–H and O–H groups in total. The summed E-state index contributed by atoms with van der Waals surface area (Å²) >= 11 is 6.05. The van der Waals surface area contributed by atoms with Crippen LogP contribution in [0.2, 0.25) is 5.02 Å². The fourth-order valence-electron chi connectivity index (χ4n) is 1.87. The summed E-state index contributed by atoms with van der Waals surface area (Å²) in [5.74, 6) is 2.07. The van der Waals surface area contributed by atoms with Crippen molar-refractivity contribution in [3.63, 3.8) is 0 Å². The molecule has 0 unspecified atom stereocenters. The molecule has 0 aliphatic heterocycles. The topological polar surface area (TPSA) is 38.1 Å². The maximum absolute atomic E-state index is 6.05.